The number of hydrogen-bond acceptors (Lipinski definition) is 1. The zero-order chi connectivity index (χ0) is 9.47. The lowest BCUT2D eigenvalue weighted by atomic mass is 9.79. The first-order valence-corrected chi connectivity index (χ1v) is 5.51. The molecule has 0 aliphatic heterocycles. The van der Waals surface area contributed by atoms with Crippen LogP contribution in [-0.2, 0) is 0 Å². The van der Waals surface area contributed by atoms with E-state index in [2.05, 4.69) is 13.5 Å². The average Bonchev–Trinajstić information content (AvgIpc) is 2.76. The fourth-order valence-electron chi connectivity index (χ4n) is 2.68. The molecule has 74 valence electrons. The Hall–Kier alpha value is -0.300. The van der Waals surface area contributed by atoms with Crippen molar-refractivity contribution >= 4 is 0 Å². The molecular weight excluding hydrogens is 160 g/mol. The van der Waals surface area contributed by atoms with Crippen LogP contribution < -0.4 is 0 Å². The van der Waals surface area contributed by atoms with Crippen LogP contribution >= 0.6 is 0 Å². The molecule has 1 nitrogen and oxygen atoms in total. The smallest absolute Gasteiger partial charge is 0.0661 e. The van der Waals surface area contributed by atoms with E-state index in [0.29, 0.717) is 5.92 Å². The SMILES string of the molecule is C=C1C[C@]1(C)[C@H](O)C1CCCCC1. The highest BCUT2D eigenvalue weighted by atomic mass is 16.3. The van der Waals surface area contributed by atoms with Gasteiger partial charge in [0.2, 0.25) is 0 Å². The van der Waals surface area contributed by atoms with Crippen molar-refractivity contribution in [2.45, 2.75) is 51.6 Å². The Bertz CT molecular complexity index is 215. The maximum Gasteiger partial charge on any atom is 0.0661 e. The Labute approximate surface area is 80.8 Å². The molecule has 2 rings (SSSR count). The van der Waals surface area contributed by atoms with Gasteiger partial charge in [0.1, 0.15) is 0 Å². The summed E-state index contributed by atoms with van der Waals surface area (Å²) in [5, 5.41) is 10.2. The van der Waals surface area contributed by atoms with Gasteiger partial charge in [-0.1, -0.05) is 38.3 Å². The standard InChI is InChI=1S/C12H20O/c1-9-8-12(9,2)11(13)10-6-4-3-5-7-10/h10-11,13H,1,3-8H2,2H3/t11-,12+/m1/s1. The van der Waals surface area contributed by atoms with E-state index in [1.807, 2.05) is 0 Å². The first-order chi connectivity index (χ1) is 6.14. The van der Waals surface area contributed by atoms with Gasteiger partial charge in [0.25, 0.3) is 0 Å². The molecule has 1 N–H and O–H groups in total. The Morgan fingerprint density at radius 2 is 1.92 bits per heavy atom. The van der Waals surface area contributed by atoms with E-state index < -0.39 is 0 Å². The van der Waals surface area contributed by atoms with Gasteiger partial charge in [0.05, 0.1) is 6.10 Å². The fraction of sp³-hybridized carbons (Fsp3) is 0.833. The van der Waals surface area contributed by atoms with Crippen LogP contribution in [0.4, 0.5) is 0 Å². The second-order valence-corrected chi connectivity index (χ2v) is 5.04. The molecule has 0 saturated heterocycles. The third-order valence-electron chi connectivity index (χ3n) is 4.01. The Balaban J connectivity index is 1.96. The highest BCUT2D eigenvalue weighted by molar-refractivity contribution is 5.30. The molecule has 0 unspecified atom stereocenters. The highest BCUT2D eigenvalue weighted by Crippen LogP contribution is 2.56. The van der Waals surface area contributed by atoms with Crippen LogP contribution in [0.3, 0.4) is 0 Å². The lowest BCUT2D eigenvalue weighted by molar-refractivity contribution is 0.0341. The van der Waals surface area contributed by atoms with E-state index in [9.17, 15) is 5.11 Å². The summed E-state index contributed by atoms with van der Waals surface area (Å²) in [4.78, 5) is 0. The Morgan fingerprint density at radius 1 is 1.38 bits per heavy atom. The third kappa shape index (κ3) is 1.54. The minimum absolute atomic E-state index is 0.0853. The zero-order valence-electron chi connectivity index (χ0n) is 8.55. The molecule has 0 aromatic heterocycles. The van der Waals surface area contributed by atoms with Gasteiger partial charge in [-0.3, -0.25) is 0 Å². The summed E-state index contributed by atoms with van der Waals surface area (Å²) in [5.41, 5.74) is 1.34. The lowest BCUT2D eigenvalue weighted by Crippen LogP contribution is -2.30. The largest absolute Gasteiger partial charge is 0.392 e. The molecule has 1 heteroatoms. The molecule has 0 amide bonds. The normalized spacial score (nSPS) is 37.5. The van der Waals surface area contributed by atoms with Gasteiger partial charge in [0, 0.05) is 5.41 Å². The molecule has 2 fully saturated rings. The van der Waals surface area contributed by atoms with Gasteiger partial charge < -0.3 is 5.11 Å². The van der Waals surface area contributed by atoms with Crippen LogP contribution in [0.15, 0.2) is 12.2 Å². The Kier molecular flexibility index (Phi) is 2.23. The van der Waals surface area contributed by atoms with Gasteiger partial charge in [-0.25, -0.2) is 0 Å². The van der Waals surface area contributed by atoms with Crippen molar-refractivity contribution < 1.29 is 5.11 Å². The summed E-state index contributed by atoms with van der Waals surface area (Å²) in [7, 11) is 0. The topological polar surface area (TPSA) is 20.2 Å². The van der Waals surface area contributed by atoms with Gasteiger partial charge in [-0.15, -0.1) is 0 Å². The Morgan fingerprint density at radius 3 is 2.38 bits per heavy atom. The minimum atomic E-state index is -0.111. The van der Waals surface area contributed by atoms with Crippen molar-refractivity contribution in [2.75, 3.05) is 0 Å². The maximum absolute atomic E-state index is 10.2. The summed E-state index contributed by atoms with van der Waals surface area (Å²) in [6.07, 6.45) is 7.37. The predicted octanol–water partition coefficient (Wildman–Crippen LogP) is 2.89. The van der Waals surface area contributed by atoms with Crippen LogP contribution in [0, 0.1) is 11.3 Å². The summed E-state index contributed by atoms with van der Waals surface area (Å²) in [6, 6.07) is 0. The number of aliphatic hydroxyl groups is 1. The molecule has 2 aliphatic carbocycles. The van der Waals surface area contributed by atoms with Crippen molar-refractivity contribution in [1.82, 2.24) is 0 Å². The van der Waals surface area contributed by atoms with Crippen molar-refractivity contribution in [2.24, 2.45) is 11.3 Å². The molecule has 13 heavy (non-hydrogen) atoms. The number of rotatable bonds is 2. The van der Waals surface area contributed by atoms with Crippen molar-refractivity contribution in [3.05, 3.63) is 12.2 Å². The van der Waals surface area contributed by atoms with Crippen LogP contribution in [0.1, 0.15) is 45.4 Å². The number of aliphatic hydroxyl groups excluding tert-OH is 1. The molecule has 0 aromatic carbocycles. The second-order valence-electron chi connectivity index (χ2n) is 5.04. The van der Waals surface area contributed by atoms with Crippen LogP contribution in [0.25, 0.3) is 0 Å². The number of hydrogen-bond donors (Lipinski definition) is 1. The predicted molar refractivity (Wildman–Crippen MR) is 54.4 cm³/mol. The molecule has 0 aromatic rings. The van der Waals surface area contributed by atoms with Gasteiger partial charge in [-0.05, 0) is 25.2 Å². The summed E-state index contributed by atoms with van der Waals surface area (Å²) in [5.74, 6) is 0.554. The molecular formula is C12H20O. The first kappa shape index (κ1) is 9.26. The third-order valence-corrected chi connectivity index (χ3v) is 4.01. The molecule has 2 aliphatic rings. The average molecular weight is 180 g/mol. The van der Waals surface area contributed by atoms with Gasteiger partial charge in [-0.2, -0.15) is 0 Å². The molecule has 0 radical (unpaired) electrons. The molecule has 0 spiro atoms. The van der Waals surface area contributed by atoms with Gasteiger partial charge >= 0.3 is 0 Å². The van der Waals surface area contributed by atoms with E-state index in [0.717, 1.165) is 6.42 Å². The second kappa shape index (κ2) is 3.13. The highest BCUT2D eigenvalue weighted by Gasteiger charge is 2.50. The molecule has 2 atom stereocenters. The van der Waals surface area contributed by atoms with Crippen LogP contribution in [0.2, 0.25) is 0 Å². The van der Waals surface area contributed by atoms with Crippen molar-refractivity contribution in [1.29, 1.82) is 0 Å². The van der Waals surface area contributed by atoms with E-state index in [4.69, 9.17) is 0 Å². The molecule has 0 heterocycles. The van der Waals surface area contributed by atoms with Crippen molar-refractivity contribution in [3.63, 3.8) is 0 Å². The van der Waals surface area contributed by atoms with Gasteiger partial charge in [0.15, 0.2) is 0 Å². The lowest BCUT2D eigenvalue weighted by Gasteiger charge is -2.30. The maximum atomic E-state index is 10.2. The van der Waals surface area contributed by atoms with E-state index >= 15 is 0 Å². The fourth-order valence-corrected chi connectivity index (χ4v) is 2.68. The molecule has 0 bridgehead atoms. The summed E-state index contributed by atoms with van der Waals surface area (Å²) >= 11 is 0. The molecule has 2 saturated carbocycles. The van der Waals surface area contributed by atoms with E-state index in [1.165, 1.54) is 37.7 Å². The van der Waals surface area contributed by atoms with Crippen LogP contribution in [0.5, 0.6) is 0 Å². The van der Waals surface area contributed by atoms with Crippen LogP contribution in [-0.4, -0.2) is 11.2 Å². The quantitative estimate of drug-likeness (QED) is 0.648. The van der Waals surface area contributed by atoms with E-state index in [-0.39, 0.29) is 11.5 Å². The first-order valence-electron chi connectivity index (χ1n) is 5.51. The summed E-state index contributed by atoms with van der Waals surface area (Å²) in [6.45, 7) is 6.14. The minimum Gasteiger partial charge on any atom is -0.392 e. The van der Waals surface area contributed by atoms with E-state index in [1.54, 1.807) is 0 Å². The van der Waals surface area contributed by atoms with Crippen molar-refractivity contribution in [3.8, 4) is 0 Å². The zero-order valence-corrected chi connectivity index (χ0v) is 8.55. The summed E-state index contributed by atoms with van der Waals surface area (Å²) < 4.78 is 0. The monoisotopic (exact) mass is 180 g/mol.